The molecule has 1 aromatic carbocycles. The SMILES string of the molecule is C=CCc1c(O)c2c(Cl)ccc(Cl)c2[nH]c1=O. The van der Waals surface area contributed by atoms with Gasteiger partial charge in [0, 0.05) is 0 Å². The van der Waals surface area contributed by atoms with Gasteiger partial charge in [-0.25, -0.2) is 0 Å². The molecular formula is C12H9Cl2NO2. The summed E-state index contributed by atoms with van der Waals surface area (Å²) in [5.41, 5.74) is 0.185. The molecule has 2 rings (SSSR count). The van der Waals surface area contributed by atoms with E-state index in [1.807, 2.05) is 0 Å². The van der Waals surface area contributed by atoms with Gasteiger partial charge in [0.15, 0.2) is 0 Å². The van der Waals surface area contributed by atoms with Crippen LogP contribution >= 0.6 is 23.2 Å². The van der Waals surface area contributed by atoms with Gasteiger partial charge in [0.05, 0.1) is 26.5 Å². The number of halogens is 2. The quantitative estimate of drug-likeness (QED) is 0.823. The van der Waals surface area contributed by atoms with Crippen LogP contribution in [-0.2, 0) is 6.42 Å². The summed E-state index contributed by atoms with van der Waals surface area (Å²) in [7, 11) is 0. The van der Waals surface area contributed by atoms with Crippen molar-refractivity contribution < 1.29 is 5.11 Å². The third-order valence-corrected chi connectivity index (χ3v) is 3.12. The van der Waals surface area contributed by atoms with Crippen molar-refractivity contribution in [3.05, 3.63) is 50.8 Å². The molecule has 0 atom stereocenters. The van der Waals surface area contributed by atoms with E-state index in [2.05, 4.69) is 11.6 Å². The minimum absolute atomic E-state index is 0.142. The van der Waals surface area contributed by atoms with Crippen LogP contribution in [0.25, 0.3) is 10.9 Å². The van der Waals surface area contributed by atoms with Gasteiger partial charge < -0.3 is 10.1 Å². The molecule has 0 bridgehead atoms. The van der Waals surface area contributed by atoms with Crippen LogP contribution in [0, 0.1) is 0 Å². The molecule has 0 aliphatic heterocycles. The summed E-state index contributed by atoms with van der Waals surface area (Å²) < 4.78 is 0. The van der Waals surface area contributed by atoms with E-state index in [9.17, 15) is 9.90 Å². The lowest BCUT2D eigenvalue weighted by Crippen LogP contribution is -2.12. The van der Waals surface area contributed by atoms with Crippen molar-refractivity contribution in [1.29, 1.82) is 0 Å². The van der Waals surface area contributed by atoms with Gasteiger partial charge >= 0.3 is 0 Å². The summed E-state index contributed by atoms with van der Waals surface area (Å²) in [5.74, 6) is -0.142. The Balaban J connectivity index is 2.96. The van der Waals surface area contributed by atoms with E-state index in [1.54, 1.807) is 12.1 Å². The second kappa shape index (κ2) is 4.43. The maximum Gasteiger partial charge on any atom is 0.255 e. The van der Waals surface area contributed by atoms with Gasteiger partial charge in [-0.3, -0.25) is 4.79 Å². The van der Waals surface area contributed by atoms with Gasteiger partial charge in [-0.2, -0.15) is 0 Å². The van der Waals surface area contributed by atoms with Gasteiger partial charge in [-0.05, 0) is 18.6 Å². The first-order valence-electron chi connectivity index (χ1n) is 4.89. The molecule has 0 amide bonds. The smallest absolute Gasteiger partial charge is 0.255 e. The van der Waals surface area contributed by atoms with Gasteiger partial charge in [0.2, 0.25) is 0 Å². The van der Waals surface area contributed by atoms with Crippen molar-refractivity contribution in [3.63, 3.8) is 0 Å². The average Bonchev–Trinajstić information content (AvgIpc) is 2.29. The predicted octanol–water partition coefficient (Wildman–Crippen LogP) is 3.27. The van der Waals surface area contributed by atoms with Crippen LogP contribution in [0.1, 0.15) is 5.56 Å². The van der Waals surface area contributed by atoms with E-state index < -0.39 is 0 Å². The number of aromatic amines is 1. The summed E-state index contributed by atoms with van der Waals surface area (Å²) in [5, 5.41) is 11.1. The van der Waals surface area contributed by atoms with E-state index in [1.165, 1.54) is 6.08 Å². The summed E-state index contributed by atoms with van der Waals surface area (Å²) in [4.78, 5) is 14.4. The topological polar surface area (TPSA) is 53.1 Å². The molecule has 88 valence electrons. The van der Waals surface area contributed by atoms with Crippen molar-refractivity contribution in [1.82, 2.24) is 4.98 Å². The number of allylic oxidation sites excluding steroid dienone is 1. The summed E-state index contributed by atoms with van der Waals surface area (Å²) in [6.07, 6.45) is 1.80. The first-order valence-corrected chi connectivity index (χ1v) is 5.64. The fourth-order valence-corrected chi connectivity index (χ4v) is 2.14. The van der Waals surface area contributed by atoms with Gasteiger partial charge in [0.25, 0.3) is 5.56 Å². The molecule has 5 heteroatoms. The van der Waals surface area contributed by atoms with Crippen molar-refractivity contribution in [3.8, 4) is 5.75 Å². The number of nitrogens with one attached hydrogen (secondary N) is 1. The Morgan fingerprint density at radius 3 is 2.65 bits per heavy atom. The highest BCUT2D eigenvalue weighted by molar-refractivity contribution is 6.40. The minimum atomic E-state index is -0.390. The van der Waals surface area contributed by atoms with E-state index in [0.717, 1.165) is 0 Å². The van der Waals surface area contributed by atoms with E-state index in [-0.39, 0.29) is 23.3 Å². The minimum Gasteiger partial charge on any atom is -0.507 e. The molecular weight excluding hydrogens is 261 g/mol. The number of benzene rings is 1. The van der Waals surface area contributed by atoms with Gasteiger partial charge in [-0.15, -0.1) is 6.58 Å². The van der Waals surface area contributed by atoms with Crippen molar-refractivity contribution in [2.45, 2.75) is 6.42 Å². The van der Waals surface area contributed by atoms with Crippen LogP contribution in [0.5, 0.6) is 5.75 Å². The molecule has 0 radical (unpaired) electrons. The number of rotatable bonds is 2. The maximum atomic E-state index is 11.7. The first-order chi connectivity index (χ1) is 8.06. The zero-order valence-corrected chi connectivity index (χ0v) is 10.3. The molecule has 17 heavy (non-hydrogen) atoms. The Kier molecular flexibility index (Phi) is 3.13. The van der Waals surface area contributed by atoms with E-state index in [0.29, 0.717) is 20.9 Å². The number of pyridine rings is 1. The van der Waals surface area contributed by atoms with Crippen LogP contribution in [0.3, 0.4) is 0 Å². The Hall–Kier alpha value is -1.45. The summed E-state index contributed by atoms with van der Waals surface area (Å²) in [6, 6.07) is 3.14. The van der Waals surface area contributed by atoms with Gasteiger partial charge in [-0.1, -0.05) is 29.3 Å². The second-order valence-electron chi connectivity index (χ2n) is 3.55. The predicted molar refractivity (Wildman–Crippen MR) is 70.2 cm³/mol. The highest BCUT2D eigenvalue weighted by atomic mass is 35.5. The maximum absolute atomic E-state index is 11.7. The van der Waals surface area contributed by atoms with Crippen LogP contribution in [-0.4, -0.2) is 10.1 Å². The van der Waals surface area contributed by atoms with Crippen LogP contribution in [0.15, 0.2) is 29.6 Å². The number of aromatic hydroxyl groups is 1. The molecule has 0 saturated carbocycles. The van der Waals surface area contributed by atoms with Gasteiger partial charge in [0.1, 0.15) is 5.75 Å². The Bertz CT molecular complexity index is 662. The monoisotopic (exact) mass is 269 g/mol. The van der Waals surface area contributed by atoms with Crippen molar-refractivity contribution >= 4 is 34.1 Å². The number of hydrogen-bond donors (Lipinski definition) is 2. The molecule has 0 aliphatic rings. The average molecular weight is 270 g/mol. The van der Waals surface area contributed by atoms with E-state index in [4.69, 9.17) is 23.2 Å². The lowest BCUT2D eigenvalue weighted by atomic mass is 10.1. The fraction of sp³-hybridized carbons (Fsp3) is 0.0833. The second-order valence-corrected chi connectivity index (χ2v) is 4.37. The summed E-state index contributed by atoms with van der Waals surface area (Å²) >= 11 is 11.9. The number of aromatic nitrogens is 1. The van der Waals surface area contributed by atoms with E-state index >= 15 is 0 Å². The molecule has 0 fully saturated rings. The lowest BCUT2D eigenvalue weighted by Gasteiger charge is -2.08. The zero-order chi connectivity index (χ0) is 12.6. The first kappa shape index (κ1) is 12.0. The molecule has 0 saturated heterocycles. The molecule has 1 aromatic heterocycles. The van der Waals surface area contributed by atoms with Crippen molar-refractivity contribution in [2.24, 2.45) is 0 Å². The standard InChI is InChI=1S/C12H9Cl2NO2/c1-2-3-6-11(16)9-7(13)4-5-8(14)10(9)15-12(6)17/h2,4-5H,1,3H2,(H2,15,16,17). The number of fused-ring (bicyclic) bond motifs is 1. The summed E-state index contributed by atoms with van der Waals surface area (Å²) in [6.45, 7) is 3.54. The molecule has 1 heterocycles. The fourth-order valence-electron chi connectivity index (χ4n) is 1.69. The molecule has 0 aliphatic carbocycles. The Labute approximate surface area is 107 Å². The van der Waals surface area contributed by atoms with Crippen LogP contribution in [0.2, 0.25) is 10.0 Å². The molecule has 0 unspecified atom stereocenters. The molecule has 2 aromatic rings. The normalized spacial score (nSPS) is 10.7. The lowest BCUT2D eigenvalue weighted by molar-refractivity contribution is 0.474. The van der Waals surface area contributed by atoms with Crippen LogP contribution in [0.4, 0.5) is 0 Å². The Morgan fingerprint density at radius 1 is 1.35 bits per heavy atom. The third-order valence-electron chi connectivity index (χ3n) is 2.49. The molecule has 0 spiro atoms. The zero-order valence-electron chi connectivity index (χ0n) is 8.76. The molecule has 2 N–H and O–H groups in total. The number of H-pyrrole nitrogens is 1. The highest BCUT2D eigenvalue weighted by Gasteiger charge is 2.14. The van der Waals surface area contributed by atoms with Crippen LogP contribution < -0.4 is 5.56 Å². The Morgan fingerprint density at radius 2 is 2.00 bits per heavy atom. The number of hydrogen-bond acceptors (Lipinski definition) is 2. The third kappa shape index (κ3) is 1.92. The molecule has 3 nitrogen and oxygen atoms in total. The largest absolute Gasteiger partial charge is 0.507 e. The highest BCUT2D eigenvalue weighted by Crippen LogP contribution is 2.35. The van der Waals surface area contributed by atoms with Crippen molar-refractivity contribution in [2.75, 3.05) is 0 Å².